The van der Waals surface area contributed by atoms with Crippen molar-refractivity contribution in [1.29, 1.82) is 0 Å². The van der Waals surface area contributed by atoms with Gasteiger partial charge in [0.05, 0.1) is 6.61 Å². The molecule has 6 nitrogen and oxygen atoms in total. The topological polar surface area (TPSA) is 80.0 Å². The zero-order valence-corrected chi connectivity index (χ0v) is 14.8. The maximum atomic E-state index is 12.9. The van der Waals surface area contributed by atoms with Gasteiger partial charge in [-0.25, -0.2) is 0 Å². The van der Waals surface area contributed by atoms with Gasteiger partial charge in [0.25, 0.3) is 5.91 Å². The van der Waals surface area contributed by atoms with Crippen LogP contribution < -0.4 is 0 Å². The zero-order chi connectivity index (χ0) is 18.2. The number of carbonyl (C=O) groups is 2. The van der Waals surface area contributed by atoms with Crippen molar-refractivity contribution < 1.29 is 23.8 Å². The van der Waals surface area contributed by atoms with E-state index in [1.54, 1.807) is 11.0 Å². The van der Waals surface area contributed by atoms with Crippen LogP contribution in [-0.4, -0.2) is 48.7 Å². The number of likely N-dealkylation sites (tertiary alicyclic amines) is 1. The van der Waals surface area contributed by atoms with E-state index in [0.717, 1.165) is 16.5 Å². The van der Waals surface area contributed by atoms with Gasteiger partial charge < -0.3 is 19.2 Å². The SMILES string of the molecule is COCC1(C(=O)O)CCCN(C(=O)c2cc3cc(C)c(C)cc3o2)C1. The lowest BCUT2D eigenvalue weighted by Crippen LogP contribution is -2.52. The molecule has 1 aliphatic rings. The molecule has 1 saturated heterocycles. The van der Waals surface area contributed by atoms with Crippen molar-refractivity contribution >= 4 is 22.8 Å². The van der Waals surface area contributed by atoms with Gasteiger partial charge in [0.15, 0.2) is 5.76 Å². The summed E-state index contributed by atoms with van der Waals surface area (Å²) in [6.45, 7) is 4.75. The van der Waals surface area contributed by atoms with Crippen LogP contribution in [0.15, 0.2) is 22.6 Å². The minimum absolute atomic E-state index is 0.0879. The standard InChI is InChI=1S/C19H23NO5/c1-12-7-14-9-16(25-15(14)8-13(12)2)17(21)20-6-4-5-19(10-20,11-24-3)18(22)23/h7-9H,4-6,10-11H2,1-3H3,(H,22,23). The van der Waals surface area contributed by atoms with E-state index in [9.17, 15) is 14.7 Å². The molecule has 1 N–H and O–H groups in total. The van der Waals surface area contributed by atoms with Gasteiger partial charge in [-0.15, -0.1) is 0 Å². The summed E-state index contributed by atoms with van der Waals surface area (Å²) in [5.74, 6) is -0.950. The van der Waals surface area contributed by atoms with Gasteiger partial charge in [-0.1, -0.05) is 0 Å². The molecule has 0 aliphatic carbocycles. The minimum Gasteiger partial charge on any atom is -0.481 e. The second kappa shape index (κ2) is 6.52. The quantitative estimate of drug-likeness (QED) is 0.921. The highest BCUT2D eigenvalue weighted by Crippen LogP contribution is 2.32. The van der Waals surface area contributed by atoms with Crippen LogP contribution in [0.3, 0.4) is 0 Å². The maximum absolute atomic E-state index is 12.9. The van der Waals surface area contributed by atoms with Gasteiger partial charge >= 0.3 is 5.97 Å². The van der Waals surface area contributed by atoms with Crippen LogP contribution in [0.25, 0.3) is 11.0 Å². The van der Waals surface area contributed by atoms with Crippen LogP contribution >= 0.6 is 0 Å². The third kappa shape index (κ3) is 3.14. The fraction of sp³-hybridized carbons (Fsp3) is 0.474. The number of fused-ring (bicyclic) bond motifs is 1. The van der Waals surface area contributed by atoms with Gasteiger partial charge in [-0.05, 0) is 56.0 Å². The zero-order valence-electron chi connectivity index (χ0n) is 14.8. The van der Waals surface area contributed by atoms with Gasteiger partial charge in [-0.2, -0.15) is 0 Å². The monoisotopic (exact) mass is 345 g/mol. The van der Waals surface area contributed by atoms with Gasteiger partial charge in [0, 0.05) is 25.6 Å². The third-order valence-electron chi connectivity index (χ3n) is 5.08. The minimum atomic E-state index is -1.05. The first-order chi connectivity index (χ1) is 11.9. The second-order valence-corrected chi connectivity index (χ2v) is 6.93. The third-order valence-corrected chi connectivity index (χ3v) is 5.08. The fourth-order valence-corrected chi connectivity index (χ4v) is 3.50. The number of hydrogen-bond acceptors (Lipinski definition) is 4. The molecule has 3 rings (SSSR count). The van der Waals surface area contributed by atoms with Gasteiger partial charge in [-0.3, -0.25) is 9.59 Å². The highest BCUT2D eigenvalue weighted by molar-refractivity contribution is 5.96. The molecule has 1 fully saturated rings. The van der Waals surface area contributed by atoms with E-state index in [4.69, 9.17) is 9.15 Å². The van der Waals surface area contributed by atoms with Crippen molar-refractivity contribution in [2.24, 2.45) is 5.41 Å². The van der Waals surface area contributed by atoms with Crippen LogP contribution in [0.5, 0.6) is 0 Å². The average molecular weight is 345 g/mol. The molecule has 0 spiro atoms. The smallest absolute Gasteiger partial charge is 0.313 e. The summed E-state index contributed by atoms with van der Waals surface area (Å²) in [4.78, 5) is 26.2. The number of furan rings is 1. The van der Waals surface area contributed by atoms with E-state index in [-0.39, 0.29) is 24.8 Å². The second-order valence-electron chi connectivity index (χ2n) is 6.93. The Balaban J connectivity index is 1.88. The number of hydrogen-bond donors (Lipinski definition) is 1. The molecule has 1 aliphatic heterocycles. The van der Waals surface area contributed by atoms with Gasteiger partial charge in [0.2, 0.25) is 0 Å². The summed E-state index contributed by atoms with van der Waals surface area (Å²) >= 11 is 0. The van der Waals surface area contributed by atoms with Crippen LogP contribution in [0.2, 0.25) is 0 Å². The number of amides is 1. The fourth-order valence-electron chi connectivity index (χ4n) is 3.50. The van der Waals surface area contributed by atoms with E-state index in [1.165, 1.54) is 7.11 Å². The van der Waals surface area contributed by atoms with E-state index in [0.29, 0.717) is 25.0 Å². The summed E-state index contributed by atoms with van der Waals surface area (Å²) in [5, 5.41) is 10.5. The molecule has 134 valence electrons. The molecule has 1 aromatic carbocycles. The number of aryl methyl sites for hydroxylation is 2. The number of methoxy groups -OCH3 is 1. The van der Waals surface area contributed by atoms with Crippen molar-refractivity contribution in [1.82, 2.24) is 4.90 Å². The molecule has 0 bridgehead atoms. The van der Waals surface area contributed by atoms with Crippen molar-refractivity contribution in [2.45, 2.75) is 26.7 Å². The lowest BCUT2D eigenvalue weighted by Gasteiger charge is -2.39. The average Bonchev–Trinajstić information content (AvgIpc) is 2.97. The van der Waals surface area contributed by atoms with E-state index >= 15 is 0 Å². The Hall–Kier alpha value is -2.34. The van der Waals surface area contributed by atoms with Crippen LogP contribution in [0, 0.1) is 19.3 Å². The highest BCUT2D eigenvalue weighted by atomic mass is 16.5. The lowest BCUT2D eigenvalue weighted by molar-refractivity contribution is -0.155. The van der Waals surface area contributed by atoms with Crippen molar-refractivity contribution in [2.75, 3.05) is 26.8 Å². The molecule has 0 radical (unpaired) electrons. The number of piperidine rings is 1. The number of aliphatic carboxylic acids is 1. The van der Waals surface area contributed by atoms with E-state index in [1.807, 2.05) is 26.0 Å². The van der Waals surface area contributed by atoms with Crippen molar-refractivity contribution in [3.63, 3.8) is 0 Å². The van der Waals surface area contributed by atoms with Crippen LogP contribution in [-0.2, 0) is 9.53 Å². The first-order valence-corrected chi connectivity index (χ1v) is 8.39. The normalized spacial score (nSPS) is 20.8. The molecular formula is C19H23NO5. The molecule has 1 unspecified atom stereocenters. The molecule has 1 amide bonds. The van der Waals surface area contributed by atoms with Crippen molar-refractivity contribution in [3.8, 4) is 0 Å². The molecule has 0 saturated carbocycles. The molecular weight excluding hydrogens is 322 g/mol. The Morgan fingerprint density at radius 2 is 2.00 bits per heavy atom. The number of rotatable bonds is 4. The summed E-state index contributed by atoms with van der Waals surface area (Å²) in [6.07, 6.45) is 1.12. The first-order valence-electron chi connectivity index (χ1n) is 8.39. The Morgan fingerprint density at radius 3 is 2.68 bits per heavy atom. The number of nitrogens with zero attached hydrogens (tertiary/aromatic N) is 1. The Labute approximate surface area is 146 Å². The molecule has 6 heteroatoms. The lowest BCUT2D eigenvalue weighted by atomic mass is 9.80. The maximum Gasteiger partial charge on any atom is 0.313 e. The summed E-state index contributed by atoms with van der Waals surface area (Å²) in [5.41, 5.74) is 1.85. The summed E-state index contributed by atoms with van der Waals surface area (Å²) < 4.78 is 10.8. The van der Waals surface area contributed by atoms with Gasteiger partial charge in [0.1, 0.15) is 11.0 Å². The number of benzene rings is 1. The Kier molecular flexibility index (Phi) is 4.56. The molecule has 25 heavy (non-hydrogen) atoms. The highest BCUT2D eigenvalue weighted by Gasteiger charge is 2.44. The van der Waals surface area contributed by atoms with Crippen molar-refractivity contribution in [3.05, 3.63) is 35.1 Å². The van der Waals surface area contributed by atoms with E-state index in [2.05, 4.69) is 0 Å². The summed E-state index contributed by atoms with van der Waals surface area (Å²) in [7, 11) is 1.48. The predicted octanol–water partition coefficient (Wildman–Crippen LogP) is 3.00. The predicted molar refractivity (Wildman–Crippen MR) is 92.8 cm³/mol. The number of carboxylic acid groups (broad SMARTS) is 1. The first kappa shape index (κ1) is 17.5. The Bertz CT molecular complexity index is 782. The van der Waals surface area contributed by atoms with Crippen LogP contribution in [0.1, 0.15) is 34.5 Å². The van der Waals surface area contributed by atoms with Crippen LogP contribution in [0.4, 0.5) is 0 Å². The van der Waals surface area contributed by atoms with E-state index < -0.39 is 11.4 Å². The molecule has 2 aromatic rings. The largest absolute Gasteiger partial charge is 0.481 e. The Morgan fingerprint density at radius 1 is 1.28 bits per heavy atom. The molecule has 1 atom stereocenters. The molecule has 1 aromatic heterocycles. The number of ether oxygens (including phenoxy) is 1. The summed E-state index contributed by atoms with van der Waals surface area (Å²) in [6, 6.07) is 5.65. The number of carboxylic acids is 1. The number of carbonyl (C=O) groups excluding carboxylic acids is 1. The molecule has 2 heterocycles.